The molecule has 3 aromatic rings. The van der Waals surface area contributed by atoms with Gasteiger partial charge in [-0.05, 0) is 24.3 Å². The standard InChI is InChI=1S/C32H38O19/c33-7-17-22(39)25(42)28(45)31(49-17)51-30-27(44)23(40)18(8-34)50-32(30)48-16-6-15-19(12(36)5-14(47-15)10-1-3-11(35)4-2-10)24(41)20(16)29-26(43)21(38)13(37)9-46-29/h1-6,13,17-18,21-23,25-35,37-45H,7-9H2. The Balaban J connectivity index is 1.46. The van der Waals surface area contributed by atoms with E-state index >= 15 is 0 Å². The van der Waals surface area contributed by atoms with Crippen molar-refractivity contribution in [1.29, 1.82) is 0 Å². The van der Waals surface area contributed by atoms with Gasteiger partial charge in [-0.25, -0.2) is 0 Å². The molecule has 3 saturated heterocycles. The first-order valence-electron chi connectivity index (χ1n) is 15.8. The maximum Gasteiger partial charge on any atom is 0.229 e. The summed E-state index contributed by atoms with van der Waals surface area (Å²) in [5.41, 5.74) is -1.23. The lowest BCUT2D eigenvalue weighted by Crippen LogP contribution is -2.65. The zero-order valence-electron chi connectivity index (χ0n) is 26.4. The Bertz CT molecular complexity index is 1730. The Labute approximate surface area is 286 Å². The zero-order chi connectivity index (χ0) is 36.9. The molecule has 280 valence electrons. The third-order valence-electron chi connectivity index (χ3n) is 9.14. The Hall–Kier alpha value is -3.51. The molecule has 51 heavy (non-hydrogen) atoms. The van der Waals surface area contributed by atoms with Crippen molar-refractivity contribution in [2.24, 2.45) is 0 Å². The third kappa shape index (κ3) is 6.90. The number of benzene rings is 2. The molecule has 4 heterocycles. The second-order valence-corrected chi connectivity index (χ2v) is 12.5. The van der Waals surface area contributed by atoms with Crippen LogP contribution >= 0.6 is 0 Å². The molecule has 0 aliphatic carbocycles. The van der Waals surface area contributed by atoms with Gasteiger partial charge in [0.1, 0.15) is 101 Å². The summed E-state index contributed by atoms with van der Waals surface area (Å²) in [7, 11) is 0. The molecule has 0 bridgehead atoms. The molecule has 0 amide bonds. The van der Waals surface area contributed by atoms with Gasteiger partial charge in [0.05, 0.1) is 25.4 Å². The van der Waals surface area contributed by atoms with Crippen molar-refractivity contribution < 1.29 is 89.4 Å². The molecule has 3 aliphatic heterocycles. The second-order valence-electron chi connectivity index (χ2n) is 12.5. The molecule has 6 rings (SSSR count). The number of rotatable bonds is 8. The number of aliphatic hydroxyl groups excluding tert-OH is 10. The number of phenols is 2. The van der Waals surface area contributed by atoms with E-state index in [-0.39, 0.29) is 17.1 Å². The van der Waals surface area contributed by atoms with E-state index in [1.807, 2.05) is 0 Å². The van der Waals surface area contributed by atoms with Gasteiger partial charge < -0.3 is 89.4 Å². The summed E-state index contributed by atoms with van der Waals surface area (Å²) in [4.78, 5) is 13.4. The van der Waals surface area contributed by atoms with Crippen molar-refractivity contribution in [2.45, 2.75) is 85.8 Å². The van der Waals surface area contributed by atoms with E-state index < -0.39 is 134 Å². The zero-order valence-corrected chi connectivity index (χ0v) is 26.4. The smallest absolute Gasteiger partial charge is 0.229 e. The van der Waals surface area contributed by atoms with E-state index in [1.165, 1.54) is 24.3 Å². The summed E-state index contributed by atoms with van der Waals surface area (Å²) >= 11 is 0. The lowest BCUT2D eigenvalue weighted by molar-refractivity contribution is -0.358. The topological polar surface area (TPSA) is 319 Å². The van der Waals surface area contributed by atoms with Gasteiger partial charge in [0.2, 0.25) is 6.29 Å². The number of aromatic hydroxyl groups is 2. The average molecular weight is 727 g/mol. The van der Waals surface area contributed by atoms with Gasteiger partial charge in [-0.3, -0.25) is 4.79 Å². The first-order valence-corrected chi connectivity index (χ1v) is 15.8. The summed E-state index contributed by atoms with van der Waals surface area (Å²) in [6, 6.07) is 7.69. The van der Waals surface area contributed by atoms with Crippen LogP contribution in [-0.2, 0) is 18.9 Å². The second kappa shape index (κ2) is 14.8. The van der Waals surface area contributed by atoms with Crippen LogP contribution in [0.3, 0.4) is 0 Å². The van der Waals surface area contributed by atoms with E-state index in [0.29, 0.717) is 5.56 Å². The molecule has 19 heteroatoms. The normalized spacial score (nSPS) is 37.4. The molecule has 14 atom stereocenters. The lowest BCUT2D eigenvalue weighted by Gasteiger charge is -2.46. The van der Waals surface area contributed by atoms with Crippen molar-refractivity contribution in [3.63, 3.8) is 0 Å². The number of hydrogen-bond donors (Lipinski definition) is 12. The van der Waals surface area contributed by atoms with Gasteiger partial charge in [0.15, 0.2) is 17.8 Å². The largest absolute Gasteiger partial charge is 0.508 e. The molecular weight excluding hydrogens is 688 g/mol. The Morgan fingerprint density at radius 3 is 2.00 bits per heavy atom. The quantitative estimate of drug-likeness (QED) is 0.105. The van der Waals surface area contributed by atoms with Crippen molar-refractivity contribution in [1.82, 2.24) is 0 Å². The van der Waals surface area contributed by atoms with Crippen LogP contribution < -0.4 is 10.2 Å². The average Bonchev–Trinajstić information content (AvgIpc) is 3.11. The maximum absolute atomic E-state index is 13.4. The monoisotopic (exact) mass is 726 g/mol. The predicted octanol–water partition coefficient (Wildman–Crippen LogP) is -3.97. The molecule has 3 fully saturated rings. The lowest BCUT2D eigenvalue weighted by atomic mass is 9.92. The molecule has 19 nitrogen and oxygen atoms in total. The summed E-state index contributed by atoms with van der Waals surface area (Å²) in [5, 5.41) is 125. The van der Waals surface area contributed by atoms with E-state index in [2.05, 4.69) is 0 Å². The highest BCUT2D eigenvalue weighted by Gasteiger charge is 2.52. The highest BCUT2D eigenvalue weighted by atomic mass is 16.8. The Kier molecular flexibility index (Phi) is 10.8. The summed E-state index contributed by atoms with van der Waals surface area (Å²) in [5.74, 6) is -1.44. The molecule has 0 saturated carbocycles. The molecule has 0 radical (unpaired) electrons. The highest BCUT2D eigenvalue weighted by molar-refractivity contribution is 5.88. The maximum atomic E-state index is 13.4. The van der Waals surface area contributed by atoms with E-state index in [4.69, 9.17) is 28.1 Å². The first-order chi connectivity index (χ1) is 24.2. The predicted molar refractivity (Wildman–Crippen MR) is 165 cm³/mol. The summed E-state index contributed by atoms with van der Waals surface area (Å²) in [6.45, 7) is -2.25. The minimum atomic E-state index is -1.99. The van der Waals surface area contributed by atoms with Crippen LogP contribution in [0, 0.1) is 0 Å². The molecule has 12 N–H and O–H groups in total. The SMILES string of the molecule is O=c1cc(-c2ccc(O)cc2)oc2cc(OC3OC(CO)C(O)C(O)C3OC3OC(CO)C(O)C(O)C3O)c(C3OCC(O)C(O)C3O)c(O)c12. The van der Waals surface area contributed by atoms with E-state index in [0.717, 1.165) is 12.1 Å². The molecule has 2 aromatic carbocycles. The fraction of sp³-hybridized carbons (Fsp3) is 0.531. The van der Waals surface area contributed by atoms with Gasteiger partial charge in [-0.15, -0.1) is 0 Å². The van der Waals surface area contributed by atoms with Crippen LogP contribution in [0.4, 0.5) is 0 Å². The van der Waals surface area contributed by atoms with Gasteiger partial charge in [-0.2, -0.15) is 0 Å². The Morgan fingerprint density at radius 2 is 1.35 bits per heavy atom. The molecule has 0 spiro atoms. The minimum absolute atomic E-state index is 0.0188. The van der Waals surface area contributed by atoms with Crippen LogP contribution in [0.25, 0.3) is 22.3 Å². The van der Waals surface area contributed by atoms with Gasteiger partial charge in [0, 0.05) is 17.7 Å². The van der Waals surface area contributed by atoms with Crippen molar-refractivity contribution >= 4 is 11.0 Å². The fourth-order valence-corrected chi connectivity index (χ4v) is 6.25. The number of aliphatic hydroxyl groups is 10. The van der Waals surface area contributed by atoms with Crippen molar-refractivity contribution in [2.75, 3.05) is 19.8 Å². The molecule has 3 aliphatic rings. The fourth-order valence-electron chi connectivity index (χ4n) is 6.25. The van der Waals surface area contributed by atoms with Crippen molar-refractivity contribution in [3.05, 3.63) is 52.2 Å². The number of hydrogen-bond acceptors (Lipinski definition) is 19. The van der Waals surface area contributed by atoms with Crippen LogP contribution in [-0.4, -0.2) is 161 Å². The summed E-state index contributed by atoms with van der Waals surface area (Å²) < 4.78 is 34.4. The molecule has 14 unspecified atom stereocenters. The van der Waals surface area contributed by atoms with Crippen LogP contribution in [0.5, 0.6) is 17.2 Å². The van der Waals surface area contributed by atoms with Gasteiger partial charge >= 0.3 is 0 Å². The summed E-state index contributed by atoms with van der Waals surface area (Å²) in [6.07, 6.45) is -25.1. The van der Waals surface area contributed by atoms with E-state index in [9.17, 15) is 66.1 Å². The number of fused-ring (bicyclic) bond motifs is 1. The highest BCUT2D eigenvalue weighted by Crippen LogP contribution is 2.45. The third-order valence-corrected chi connectivity index (χ3v) is 9.14. The number of ether oxygens (including phenoxy) is 5. The van der Waals surface area contributed by atoms with Crippen LogP contribution in [0.2, 0.25) is 0 Å². The Morgan fingerprint density at radius 1 is 0.725 bits per heavy atom. The molecular formula is C32H38O19. The first kappa shape index (κ1) is 37.3. The van der Waals surface area contributed by atoms with E-state index in [1.54, 1.807) is 0 Å². The number of phenolic OH excluding ortho intramolecular Hbond substituents is 2. The van der Waals surface area contributed by atoms with Crippen molar-refractivity contribution in [3.8, 4) is 28.6 Å². The van der Waals surface area contributed by atoms with Crippen LogP contribution in [0.15, 0.2) is 45.6 Å². The molecule has 1 aromatic heterocycles. The van der Waals surface area contributed by atoms with Gasteiger partial charge in [-0.1, -0.05) is 0 Å². The minimum Gasteiger partial charge on any atom is -0.508 e. The van der Waals surface area contributed by atoms with Gasteiger partial charge in [0.25, 0.3) is 0 Å². The van der Waals surface area contributed by atoms with Crippen LogP contribution in [0.1, 0.15) is 11.7 Å².